The summed E-state index contributed by atoms with van der Waals surface area (Å²) in [6.07, 6.45) is 2.06. The minimum Gasteiger partial charge on any atom is -0.454 e. The molecule has 0 aliphatic carbocycles. The first kappa shape index (κ1) is 22.1. The summed E-state index contributed by atoms with van der Waals surface area (Å²) in [5.41, 5.74) is 11.7. The highest BCUT2D eigenvalue weighted by Gasteiger charge is 2.20. The molecule has 6 rings (SSSR count). The minimum atomic E-state index is 0.381. The van der Waals surface area contributed by atoms with Crippen LogP contribution in [-0.4, -0.2) is 4.98 Å². The Morgan fingerprint density at radius 3 is 2.20 bits per heavy atom. The van der Waals surface area contributed by atoms with Crippen molar-refractivity contribution in [1.29, 1.82) is 0 Å². The van der Waals surface area contributed by atoms with Crippen LogP contribution in [0.3, 0.4) is 0 Å². The van der Waals surface area contributed by atoms with Gasteiger partial charge in [-0.3, -0.25) is 4.98 Å². The number of rotatable bonds is 3. The summed E-state index contributed by atoms with van der Waals surface area (Å²) in [6, 6.07) is 19.7. The number of pyridine rings is 1. The van der Waals surface area contributed by atoms with Crippen LogP contribution < -0.4 is 0 Å². The van der Waals surface area contributed by atoms with Crippen molar-refractivity contribution in [3.05, 3.63) is 87.9 Å². The molecule has 0 unspecified atom stereocenters. The predicted octanol–water partition coefficient (Wildman–Crippen LogP) is 9.89. The molecule has 0 radical (unpaired) electrons. The first-order valence-corrected chi connectivity index (χ1v) is 13.1. The fraction of sp³-hybridized carbons (Fsp3) is 0.219. The second-order valence-electron chi connectivity index (χ2n) is 9.96. The number of aryl methyl sites for hydroxylation is 4. The number of fused-ring (bicyclic) bond motifs is 5. The average Bonchev–Trinajstić information content (AvgIpc) is 3.36. The number of aromatic nitrogens is 1. The van der Waals surface area contributed by atoms with Gasteiger partial charge in [-0.1, -0.05) is 50.2 Å². The SMILES string of the molecule is Cc1cccc(C)c1-c1cc(-c2cccc3c2oc2c3ccc3c(C)c(C)sc32)ncc1C(C)C. The van der Waals surface area contributed by atoms with Crippen LogP contribution in [0.1, 0.15) is 46.9 Å². The van der Waals surface area contributed by atoms with Gasteiger partial charge in [-0.25, -0.2) is 0 Å². The molecular weight excluding hydrogens is 446 g/mol. The lowest BCUT2D eigenvalue weighted by Gasteiger charge is -2.18. The van der Waals surface area contributed by atoms with Gasteiger partial charge in [0.15, 0.2) is 5.58 Å². The Kier molecular flexibility index (Phi) is 5.08. The second-order valence-corrected chi connectivity index (χ2v) is 11.2. The summed E-state index contributed by atoms with van der Waals surface area (Å²) in [5.74, 6) is 0.381. The highest BCUT2D eigenvalue weighted by molar-refractivity contribution is 7.20. The average molecular weight is 476 g/mol. The van der Waals surface area contributed by atoms with Gasteiger partial charge in [0.2, 0.25) is 0 Å². The van der Waals surface area contributed by atoms with E-state index in [1.54, 1.807) is 0 Å². The normalized spacial score (nSPS) is 12.0. The first-order chi connectivity index (χ1) is 16.8. The number of furan rings is 1. The van der Waals surface area contributed by atoms with E-state index in [1.807, 2.05) is 11.3 Å². The third-order valence-corrected chi connectivity index (χ3v) is 8.61. The molecule has 3 aromatic carbocycles. The Bertz CT molecular complexity index is 1750. The number of para-hydroxylation sites is 1. The van der Waals surface area contributed by atoms with Crippen molar-refractivity contribution in [3.63, 3.8) is 0 Å². The zero-order valence-electron chi connectivity index (χ0n) is 21.1. The lowest BCUT2D eigenvalue weighted by atomic mass is 9.88. The van der Waals surface area contributed by atoms with Gasteiger partial charge in [-0.05, 0) is 90.6 Å². The van der Waals surface area contributed by atoms with Crippen molar-refractivity contribution in [2.24, 2.45) is 0 Å². The molecule has 2 nitrogen and oxygen atoms in total. The van der Waals surface area contributed by atoms with Crippen LogP contribution in [0.25, 0.3) is 54.4 Å². The fourth-order valence-electron chi connectivity index (χ4n) is 5.38. The second kappa shape index (κ2) is 8.07. The van der Waals surface area contributed by atoms with Crippen molar-refractivity contribution in [2.45, 2.75) is 47.5 Å². The molecule has 0 saturated carbocycles. The van der Waals surface area contributed by atoms with E-state index in [0.29, 0.717) is 5.92 Å². The zero-order chi connectivity index (χ0) is 24.4. The van der Waals surface area contributed by atoms with E-state index in [1.165, 1.54) is 53.7 Å². The van der Waals surface area contributed by atoms with Crippen LogP contribution in [0, 0.1) is 27.7 Å². The molecule has 6 aromatic rings. The van der Waals surface area contributed by atoms with Gasteiger partial charge in [0, 0.05) is 27.4 Å². The molecule has 3 aromatic heterocycles. The topological polar surface area (TPSA) is 26.0 Å². The molecule has 3 heteroatoms. The number of hydrogen-bond donors (Lipinski definition) is 0. The molecule has 35 heavy (non-hydrogen) atoms. The van der Waals surface area contributed by atoms with E-state index in [0.717, 1.165) is 27.8 Å². The summed E-state index contributed by atoms with van der Waals surface area (Å²) >= 11 is 1.82. The third kappa shape index (κ3) is 3.33. The van der Waals surface area contributed by atoms with Crippen LogP contribution in [0.2, 0.25) is 0 Å². The van der Waals surface area contributed by atoms with Gasteiger partial charge in [-0.2, -0.15) is 0 Å². The smallest absolute Gasteiger partial charge is 0.153 e. The monoisotopic (exact) mass is 475 g/mol. The molecule has 174 valence electrons. The van der Waals surface area contributed by atoms with Crippen LogP contribution >= 0.6 is 11.3 Å². The van der Waals surface area contributed by atoms with E-state index >= 15 is 0 Å². The summed E-state index contributed by atoms with van der Waals surface area (Å²) in [7, 11) is 0. The molecule has 0 amide bonds. The largest absolute Gasteiger partial charge is 0.454 e. The molecule has 0 N–H and O–H groups in total. The van der Waals surface area contributed by atoms with Crippen molar-refractivity contribution in [3.8, 4) is 22.4 Å². The van der Waals surface area contributed by atoms with E-state index < -0.39 is 0 Å². The van der Waals surface area contributed by atoms with E-state index in [9.17, 15) is 0 Å². The van der Waals surface area contributed by atoms with Crippen molar-refractivity contribution >= 4 is 43.4 Å². The lowest BCUT2D eigenvalue weighted by molar-refractivity contribution is 0.674. The number of thiophene rings is 1. The Balaban J connectivity index is 1.64. The van der Waals surface area contributed by atoms with E-state index in [2.05, 4.69) is 102 Å². The molecule has 0 bridgehead atoms. The standard InChI is InChI=1S/C32H29NOS/c1-17(2)27-16-33-28(15-26(27)29-18(3)9-7-10-19(29)4)25-12-8-11-23-24-14-13-22-20(5)21(6)35-32(22)31(24)34-30(23)25/h7-17H,1-6H3. The summed E-state index contributed by atoms with van der Waals surface area (Å²) < 4.78 is 7.90. The lowest BCUT2D eigenvalue weighted by Crippen LogP contribution is -1.99. The van der Waals surface area contributed by atoms with E-state index in [-0.39, 0.29) is 0 Å². The molecule has 0 aliphatic rings. The van der Waals surface area contributed by atoms with Crippen molar-refractivity contribution in [1.82, 2.24) is 4.98 Å². The highest BCUT2D eigenvalue weighted by Crippen LogP contribution is 2.43. The molecular formula is C32H29NOS. The maximum atomic E-state index is 6.66. The molecule has 0 aliphatic heterocycles. The summed E-state index contributed by atoms with van der Waals surface area (Å²) in [6.45, 7) is 13.3. The summed E-state index contributed by atoms with van der Waals surface area (Å²) in [4.78, 5) is 6.30. The highest BCUT2D eigenvalue weighted by atomic mass is 32.1. The van der Waals surface area contributed by atoms with Gasteiger partial charge >= 0.3 is 0 Å². The van der Waals surface area contributed by atoms with Gasteiger partial charge in [-0.15, -0.1) is 11.3 Å². The summed E-state index contributed by atoms with van der Waals surface area (Å²) in [5, 5.41) is 3.60. The molecule has 0 atom stereocenters. The third-order valence-electron chi connectivity index (χ3n) is 7.39. The number of hydrogen-bond acceptors (Lipinski definition) is 3. The minimum absolute atomic E-state index is 0.381. The van der Waals surface area contributed by atoms with Gasteiger partial charge < -0.3 is 4.42 Å². The zero-order valence-corrected chi connectivity index (χ0v) is 21.9. The van der Waals surface area contributed by atoms with Crippen molar-refractivity contribution < 1.29 is 4.42 Å². The molecule has 0 fully saturated rings. The maximum Gasteiger partial charge on any atom is 0.153 e. The molecule has 3 heterocycles. The Labute approximate surface area is 210 Å². The predicted molar refractivity (Wildman–Crippen MR) is 151 cm³/mol. The molecule has 0 saturated heterocycles. The fourth-order valence-corrected chi connectivity index (χ4v) is 6.53. The van der Waals surface area contributed by atoms with Crippen LogP contribution in [0.5, 0.6) is 0 Å². The Hall–Kier alpha value is -3.43. The molecule has 0 spiro atoms. The first-order valence-electron chi connectivity index (χ1n) is 12.3. The van der Waals surface area contributed by atoms with Crippen molar-refractivity contribution in [2.75, 3.05) is 0 Å². The number of benzene rings is 3. The Morgan fingerprint density at radius 1 is 0.771 bits per heavy atom. The quantitative estimate of drug-likeness (QED) is 0.254. The van der Waals surface area contributed by atoms with E-state index in [4.69, 9.17) is 9.40 Å². The van der Waals surface area contributed by atoms with Gasteiger partial charge in [0.05, 0.1) is 10.4 Å². The van der Waals surface area contributed by atoms with Crippen LogP contribution in [0.4, 0.5) is 0 Å². The van der Waals surface area contributed by atoms with Crippen LogP contribution in [-0.2, 0) is 0 Å². The van der Waals surface area contributed by atoms with Crippen LogP contribution in [0.15, 0.2) is 65.2 Å². The van der Waals surface area contributed by atoms with Gasteiger partial charge in [0.1, 0.15) is 5.58 Å². The Morgan fingerprint density at radius 2 is 1.46 bits per heavy atom. The van der Waals surface area contributed by atoms with Gasteiger partial charge in [0.25, 0.3) is 0 Å². The number of nitrogens with zero attached hydrogens (tertiary/aromatic N) is 1. The maximum absolute atomic E-state index is 6.66.